The van der Waals surface area contributed by atoms with Gasteiger partial charge in [0.2, 0.25) is 5.95 Å². The zero-order valence-electron chi connectivity index (χ0n) is 10.8. The van der Waals surface area contributed by atoms with Crippen LogP contribution in [0.3, 0.4) is 0 Å². The van der Waals surface area contributed by atoms with Crippen molar-refractivity contribution < 1.29 is 8.42 Å². The smallest absolute Gasteiger partial charge is 0.225 e. The maximum Gasteiger partial charge on any atom is 0.225 e. The van der Waals surface area contributed by atoms with Gasteiger partial charge in [0, 0.05) is 19.3 Å². The molecule has 0 aromatic carbocycles. The zero-order chi connectivity index (χ0) is 13.9. The minimum atomic E-state index is -2.96. The highest BCUT2D eigenvalue weighted by molar-refractivity contribution is 7.91. The number of sulfone groups is 1. The number of thiophene rings is 1. The van der Waals surface area contributed by atoms with E-state index >= 15 is 0 Å². The van der Waals surface area contributed by atoms with E-state index in [0.29, 0.717) is 18.3 Å². The van der Waals surface area contributed by atoms with Crippen molar-refractivity contribution in [1.82, 2.24) is 9.97 Å². The molecule has 0 aliphatic carbocycles. The molecule has 8 heteroatoms. The number of hydrogen-bond donors (Lipinski definition) is 2. The molecule has 0 aliphatic rings. The van der Waals surface area contributed by atoms with E-state index in [-0.39, 0.29) is 11.5 Å². The van der Waals surface area contributed by atoms with Gasteiger partial charge in [-0.05, 0) is 11.4 Å². The molecule has 2 rings (SSSR count). The molecule has 0 saturated carbocycles. The number of rotatable bonds is 6. The van der Waals surface area contributed by atoms with E-state index in [2.05, 4.69) is 20.6 Å². The van der Waals surface area contributed by atoms with Gasteiger partial charge in [0.05, 0.1) is 11.1 Å². The Labute approximate surface area is 116 Å². The minimum Gasteiger partial charge on any atom is -0.368 e. The summed E-state index contributed by atoms with van der Waals surface area (Å²) in [5.74, 6) is 1.46. The number of nitrogens with one attached hydrogen (secondary N) is 2. The number of nitrogens with zero attached hydrogens (tertiary/aromatic N) is 2. The van der Waals surface area contributed by atoms with Gasteiger partial charge in [0.1, 0.15) is 10.6 Å². The Morgan fingerprint density at radius 3 is 2.84 bits per heavy atom. The molecule has 2 heterocycles. The minimum absolute atomic E-state index is 0.105. The zero-order valence-corrected chi connectivity index (χ0v) is 12.4. The van der Waals surface area contributed by atoms with Crippen LogP contribution in [-0.4, -0.2) is 43.5 Å². The molecule has 0 amide bonds. The number of aromatic nitrogens is 2. The van der Waals surface area contributed by atoms with Gasteiger partial charge in [-0.15, -0.1) is 11.3 Å². The second-order valence-corrected chi connectivity index (χ2v) is 7.32. The van der Waals surface area contributed by atoms with Crippen LogP contribution in [0, 0.1) is 0 Å². The van der Waals surface area contributed by atoms with Crippen LogP contribution in [0.2, 0.25) is 0 Å². The van der Waals surface area contributed by atoms with Gasteiger partial charge in [-0.2, -0.15) is 4.98 Å². The molecule has 0 bridgehead atoms. The molecular formula is C11H16N4O2S2. The fourth-order valence-corrected chi connectivity index (χ4v) is 3.04. The van der Waals surface area contributed by atoms with Crippen molar-refractivity contribution in [3.05, 3.63) is 11.4 Å². The van der Waals surface area contributed by atoms with Crippen LogP contribution in [0.1, 0.15) is 6.92 Å². The fraction of sp³-hybridized carbons (Fsp3) is 0.455. The van der Waals surface area contributed by atoms with Crippen LogP contribution in [0.5, 0.6) is 0 Å². The van der Waals surface area contributed by atoms with Crippen LogP contribution < -0.4 is 10.6 Å². The SMILES string of the molecule is CCS(=O)(=O)CCNc1nc(NC)nc2sccc12. The molecule has 0 atom stereocenters. The van der Waals surface area contributed by atoms with Crippen LogP contribution in [0.4, 0.5) is 11.8 Å². The molecule has 6 nitrogen and oxygen atoms in total. The van der Waals surface area contributed by atoms with Gasteiger partial charge < -0.3 is 10.6 Å². The van der Waals surface area contributed by atoms with Gasteiger partial charge in [0.25, 0.3) is 0 Å². The normalized spacial score (nSPS) is 11.7. The summed E-state index contributed by atoms with van der Waals surface area (Å²) in [4.78, 5) is 9.52. The van der Waals surface area contributed by atoms with E-state index in [9.17, 15) is 8.42 Å². The predicted molar refractivity (Wildman–Crippen MR) is 79.8 cm³/mol. The standard InChI is InChI=1S/C11H16N4O2S2/c1-3-19(16,17)7-5-13-9-8-4-6-18-10(8)15-11(12-2)14-9/h4,6H,3,5,7H2,1-2H3,(H2,12,13,14,15). The third kappa shape index (κ3) is 3.32. The summed E-state index contributed by atoms with van der Waals surface area (Å²) < 4.78 is 22.9. The second-order valence-electron chi connectivity index (χ2n) is 3.95. The Kier molecular flexibility index (Phi) is 4.20. The molecule has 2 aromatic heterocycles. The Bertz CT molecular complexity index is 666. The molecule has 0 radical (unpaired) electrons. The van der Waals surface area contributed by atoms with E-state index in [1.165, 1.54) is 11.3 Å². The summed E-state index contributed by atoms with van der Waals surface area (Å²) in [5.41, 5.74) is 0. The Hall–Kier alpha value is -1.41. The molecule has 19 heavy (non-hydrogen) atoms. The predicted octanol–water partition coefficient (Wildman–Crippen LogP) is 1.58. The maximum absolute atomic E-state index is 11.4. The summed E-state index contributed by atoms with van der Waals surface area (Å²) in [5, 5.41) is 8.82. The van der Waals surface area contributed by atoms with E-state index in [1.807, 2.05) is 11.4 Å². The molecule has 0 spiro atoms. The first-order chi connectivity index (χ1) is 9.05. The van der Waals surface area contributed by atoms with Gasteiger partial charge in [-0.3, -0.25) is 0 Å². The van der Waals surface area contributed by atoms with Gasteiger partial charge in [0.15, 0.2) is 9.84 Å². The summed E-state index contributed by atoms with van der Waals surface area (Å²) in [7, 11) is -1.21. The topological polar surface area (TPSA) is 84.0 Å². The maximum atomic E-state index is 11.4. The highest BCUT2D eigenvalue weighted by Gasteiger charge is 2.10. The highest BCUT2D eigenvalue weighted by atomic mass is 32.2. The third-order valence-electron chi connectivity index (χ3n) is 2.69. The molecule has 2 N–H and O–H groups in total. The molecule has 104 valence electrons. The summed E-state index contributed by atoms with van der Waals surface area (Å²) in [6.45, 7) is 2.00. The lowest BCUT2D eigenvalue weighted by Crippen LogP contribution is -2.18. The van der Waals surface area contributed by atoms with Crippen LogP contribution in [-0.2, 0) is 9.84 Å². The van der Waals surface area contributed by atoms with Crippen molar-refractivity contribution in [1.29, 1.82) is 0 Å². The first kappa shape index (κ1) is 14.0. The largest absolute Gasteiger partial charge is 0.368 e. The Balaban J connectivity index is 2.17. The lowest BCUT2D eigenvalue weighted by molar-refractivity contribution is 0.597. The van der Waals surface area contributed by atoms with Crippen molar-refractivity contribution in [3.63, 3.8) is 0 Å². The molecule has 2 aromatic rings. The average Bonchev–Trinajstić information content (AvgIpc) is 2.86. The fourth-order valence-electron chi connectivity index (χ4n) is 1.57. The monoisotopic (exact) mass is 300 g/mol. The van der Waals surface area contributed by atoms with E-state index in [0.717, 1.165) is 10.2 Å². The first-order valence-corrected chi connectivity index (χ1v) is 8.63. The summed E-state index contributed by atoms with van der Waals surface area (Å²) in [6.07, 6.45) is 0. The van der Waals surface area contributed by atoms with Gasteiger partial charge >= 0.3 is 0 Å². The van der Waals surface area contributed by atoms with Gasteiger partial charge in [-0.1, -0.05) is 6.92 Å². The third-order valence-corrected chi connectivity index (χ3v) is 5.21. The number of fused-ring (bicyclic) bond motifs is 1. The Morgan fingerprint density at radius 2 is 2.16 bits per heavy atom. The molecule has 0 fully saturated rings. The van der Waals surface area contributed by atoms with Crippen LogP contribution in [0.25, 0.3) is 10.2 Å². The number of anilines is 2. The lowest BCUT2D eigenvalue weighted by Gasteiger charge is -2.08. The van der Waals surface area contributed by atoms with E-state index in [1.54, 1.807) is 14.0 Å². The second kappa shape index (κ2) is 5.70. The van der Waals surface area contributed by atoms with Crippen molar-refractivity contribution in [2.75, 3.05) is 35.7 Å². The molecule has 0 aliphatic heterocycles. The highest BCUT2D eigenvalue weighted by Crippen LogP contribution is 2.26. The van der Waals surface area contributed by atoms with Crippen molar-refractivity contribution in [2.24, 2.45) is 0 Å². The Morgan fingerprint density at radius 1 is 1.37 bits per heavy atom. The van der Waals surface area contributed by atoms with Crippen LogP contribution in [0.15, 0.2) is 11.4 Å². The molecular weight excluding hydrogens is 284 g/mol. The van der Waals surface area contributed by atoms with Crippen molar-refractivity contribution in [3.8, 4) is 0 Å². The van der Waals surface area contributed by atoms with E-state index < -0.39 is 9.84 Å². The van der Waals surface area contributed by atoms with Crippen LogP contribution >= 0.6 is 11.3 Å². The summed E-state index contributed by atoms with van der Waals surface area (Å²) >= 11 is 1.53. The first-order valence-electron chi connectivity index (χ1n) is 5.93. The quantitative estimate of drug-likeness (QED) is 0.842. The van der Waals surface area contributed by atoms with Crippen molar-refractivity contribution >= 4 is 43.2 Å². The summed E-state index contributed by atoms with van der Waals surface area (Å²) in [6, 6.07) is 1.93. The average molecular weight is 300 g/mol. The lowest BCUT2D eigenvalue weighted by atomic mass is 10.4. The molecule has 0 unspecified atom stereocenters. The van der Waals surface area contributed by atoms with E-state index in [4.69, 9.17) is 0 Å². The molecule has 0 saturated heterocycles. The van der Waals surface area contributed by atoms with Gasteiger partial charge in [-0.25, -0.2) is 13.4 Å². The van der Waals surface area contributed by atoms with Crippen molar-refractivity contribution in [2.45, 2.75) is 6.92 Å². The number of hydrogen-bond acceptors (Lipinski definition) is 7.